The van der Waals surface area contributed by atoms with Gasteiger partial charge in [-0.1, -0.05) is 36.4 Å². The normalized spacial score (nSPS) is 14.8. The number of hydrogen-bond donors (Lipinski definition) is 0. The molecule has 0 N–H and O–H groups in total. The fourth-order valence-electron chi connectivity index (χ4n) is 4.47. The second-order valence-electron chi connectivity index (χ2n) is 8.43. The van der Waals surface area contributed by atoms with Crippen LogP contribution in [-0.2, 0) is 6.54 Å². The molecule has 3 aromatic carbocycles. The van der Waals surface area contributed by atoms with E-state index in [-0.39, 0.29) is 11.9 Å². The van der Waals surface area contributed by atoms with Gasteiger partial charge in [0.05, 0.1) is 12.7 Å². The van der Waals surface area contributed by atoms with E-state index in [1.165, 1.54) is 6.07 Å². The van der Waals surface area contributed by atoms with Crippen LogP contribution in [0.1, 0.15) is 34.3 Å². The van der Waals surface area contributed by atoms with E-state index in [1.54, 1.807) is 25.3 Å². The maximum Gasteiger partial charge on any atom is 0.262 e. The average Bonchev–Trinajstić information content (AvgIpc) is 2.83. The van der Waals surface area contributed by atoms with Crippen molar-refractivity contribution in [3.8, 4) is 5.75 Å². The molecule has 0 atom stereocenters. The third-order valence-corrected chi connectivity index (χ3v) is 6.18. The number of likely N-dealkylation sites (tertiary alicyclic amines) is 1. The molecular formula is C27H28F2N2O2. The Morgan fingerprint density at radius 2 is 1.76 bits per heavy atom. The molecule has 33 heavy (non-hydrogen) atoms. The Bertz CT molecular complexity index is 1130. The first-order valence-electron chi connectivity index (χ1n) is 11.2. The molecule has 0 aliphatic carbocycles. The quantitative estimate of drug-likeness (QED) is 0.491. The van der Waals surface area contributed by atoms with Gasteiger partial charge in [0.15, 0.2) is 11.6 Å². The van der Waals surface area contributed by atoms with Crippen molar-refractivity contribution in [2.75, 3.05) is 25.1 Å². The molecule has 4 rings (SSSR count). The number of rotatable bonds is 6. The number of carbonyl (C=O) groups is 1. The lowest BCUT2D eigenvalue weighted by Crippen LogP contribution is -2.47. The molecule has 0 saturated carbocycles. The van der Waals surface area contributed by atoms with Crippen LogP contribution in [0.4, 0.5) is 14.5 Å². The van der Waals surface area contributed by atoms with Crippen LogP contribution in [0.2, 0.25) is 0 Å². The highest BCUT2D eigenvalue weighted by Gasteiger charge is 2.31. The van der Waals surface area contributed by atoms with Crippen molar-refractivity contribution in [3.63, 3.8) is 0 Å². The largest absolute Gasteiger partial charge is 0.496 e. The number of methoxy groups -OCH3 is 1. The lowest BCUT2D eigenvalue weighted by molar-refractivity contribution is 0.0955. The van der Waals surface area contributed by atoms with Crippen molar-refractivity contribution in [1.82, 2.24) is 4.90 Å². The second kappa shape index (κ2) is 10.1. The Morgan fingerprint density at radius 3 is 2.48 bits per heavy atom. The fourth-order valence-corrected chi connectivity index (χ4v) is 4.47. The number of para-hydroxylation sites is 1. The minimum Gasteiger partial charge on any atom is -0.496 e. The minimum absolute atomic E-state index is 0.0159. The van der Waals surface area contributed by atoms with Crippen LogP contribution in [0.3, 0.4) is 0 Å². The summed E-state index contributed by atoms with van der Waals surface area (Å²) in [6, 6.07) is 19.4. The third kappa shape index (κ3) is 5.06. The Kier molecular flexibility index (Phi) is 7.04. The smallest absolute Gasteiger partial charge is 0.262 e. The van der Waals surface area contributed by atoms with Crippen LogP contribution >= 0.6 is 0 Å². The number of halogens is 2. The molecule has 3 aromatic rings. The molecule has 0 radical (unpaired) electrons. The van der Waals surface area contributed by atoms with Crippen molar-refractivity contribution in [2.24, 2.45) is 0 Å². The number of piperidine rings is 1. The first kappa shape index (κ1) is 22.9. The van der Waals surface area contributed by atoms with Gasteiger partial charge in [0.1, 0.15) is 5.75 Å². The van der Waals surface area contributed by atoms with Crippen LogP contribution in [-0.4, -0.2) is 37.0 Å². The molecule has 1 heterocycles. The van der Waals surface area contributed by atoms with Crippen molar-refractivity contribution in [3.05, 3.63) is 95.1 Å². The van der Waals surface area contributed by atoms with Crippen LogP contribution < -0.4 is 9.64 Å². The van der Waals surface area contributed by atoms with E-state index in [0.29, 0.717) is 36.5 Å². The van der Waals surface area contributed by atoms with Gasteiger partial charge in [-0.05, 0) is 55.7 Å². The molecule has 172 valence electrons. The first-order chi connectivity index (χ1) is 16.0. The summed E-state index contributed by atoms with van der Waals surface area (Å²) < 4.78 is 33.2. The van der Waals surface area contributed by atoms with Crippen molar-refractivity contribution in [1.29, 1.82) is 0 Å². The van der Waals surface area contributed by atoms with Gasteiger partial charge >= 0.3 is 0 Å². The highest BCUT2D eigenvalue weighted by atomic mass is 19.2. The summed E-state index contributed by atoms with van der Waals surface area (Å²) >= 11 is 0. The van der Waals surface area contributed by atoms with Gasteiger partial charge in [-0.15, -0.1) is 0 Å². The van der Waals surface area contributed by atoms with E-state index in [9.17, 15) is 13.6 Å². The lowest BCUT2D eigenvalue weighted by Gasteiger charge is -2.39. The Morgan fingerprint density at radius 1 is 1.03 bits per heavy atom. The summed E-state index contributed by atoms with van der Waals surface area (Å²) in [6.45, 7) is 3.72. The molecule has 6 heteroatoms. The first-order valence-corrected chi connectivity index (χ1v) is 11.2. The third-order valence-electron chi connectivity index (χ3n) is 6.18. The number of nitrogens with zero attached hydrogens (tertiary/aromatic N) is 2. The summed E-state index contributed by atoms with van der Waals surface area (Å²) in [4.78, 5) is 17.7. The Labute approximate surface area is 193 Å². The van der Waals surface area contributed by atoms with Crippen LogP contribution in [0.25, 0.3) is 0 Å². The number of carbonyl (C=O) groups excluding carboxylic acids is 1. The number of anilines is 1. The molecule has 1 aliphatic rings. The van der Waals surface area contributed by atoms with Gasteiger partial charge in [-0.2, -0.15) is 0 Å². The molecule has 4 nitrogen and oxygen atoms in total. The van der Waals surface area contributed by atoms with Gasteiger partial charge < -0.3 is 9.64 Å². The molecule has 1 amide bonds. The fraction of sp³-hybridized carbons (Fsp3) is 0.296. The molecule has 1 aliphatic heterocycles. The number of amides is 1. The standard InChI is InChI=1S/C27H28F2N2O2/c1-19-7-5-9-22(17-19)31(27(32)23-10-3-4-12-25(23)33-2)21-13-15-30(16-14-21)18-20-8-6-11-24(28)26(20)29/h3-12,17,21H,13-16,18H2,1-2H3. The molecular weight excluding hydrogens is 422 g/mol. The SMILES string of the molecule is COc1ccccc1C(=O)N(c1cccc(C)c1)C1CCN(Cc2cccc(F)c2F)CC1. The molecule has 1 saturated heterocycles. The van der Waals surface area contributed by atoms with Crippen molar-refractivity contribution in [2.45, 2.75) is 32.4 Å². The molecule has 0 spiro atoms. The Hall–Kier alpha value is -3.25. The summed E-state index contributed by atoms with van der Waals surface area (Å²) in [6.07, 6.45) is 1.46. The zero-order valence-electron chi connectivity index (χ0n) is 18.9. The van der Waals surface area contributed by atoms with E-state index < -0.39 is 11.6 Å². The van der Waals surface area contributed by atoms with Gasteiger partial charge in [-0.3, -0.25) is 9.69 Å². The highest BCUT2D eigenvalue weighted by Crippen LogP contribution is 2.30. The van der Waals surface area contributed by atoms with E-state index in [2.05, 4.69) is 4.90 Å². The topological polar surface area (TPSA) is 32.8 Å². The van der Waals surface area contributed by atoms with E-state index in [4.69, 9.17) is 4.74 Å². The number of ether oxygens (including phenoxy) is 1. The lowest BCUT2D eigenvalue weighted by atomic mass is 9.99. The summed E-state index contributed by atoms with van der Waals surface area (Å²) in [5.41, 5.74) is 2.80. The number of hydrogen-bond acceptors (Lipinski definition) is 3. The van der Waals surface area contributed by atoms with Crippen molar-refractivity contribution < 1.29 is 18.3 Å². The maximum atomic E-state index is 14.1. The molecule has 0 aromatic heterocycles. The highest BCUT2D eigenvalue weighted by molar-refractivity contribution is 6.08. The molecule has 0 unspecified atom stereocenters. The number of benzene rings is 3. The van der Waals surface area contributed by atoms with Crippen LogP contribution in [0, 0.1) is 18.6 Å². The molecule has 0 bridgehead atoms. The van der Waals surface area contributed by atoms with Gasteiger partial charge in [0.2, 0.25) is 0 Å². The van der Waals surface area contributed by atoms with Gasteiger partial charge in [-0.25, -0.2) is 8.78 Å². The van der Waals surface area contributed by atoms with E-state index >= 15 is 0 Å². The van der Waals surface area contributed by atoms with Gasteiger partial charge in [0, 0.05) is 36.9 Å². The van der Waals surface area contributed by atoms with Crippen LogP contribution in [0.15, 0.2) is 66.7 Å². The zero-order chi connectivity index (χ0) is 23.4. The Balaban J connectivity index is 1.56. The second-order valence-corrected chi connectivity index (χ2v) is 8.43. The molecule has 1 fully saturated rings. The maximum absolute atomic E-state index is 14.1. The zero-order valence-corrected chi connectivity index (χ0v) is 18.9. The van der Waals surface area contributed by atoms with Crippen LogP contribution in [0.5, 0.6) is 5.75 Å². The minimum atomic E-state index is -0.824. The van der Waals surface area contributed by atoms with Crippen molar-refractivity contribution >= 4 is 11.6 Å². The average molecular weight is 451 g/mol. The van der Waals surface area contributed by atoms with E-state index in [0.717, 1.165) is 30.2 Å². The van der Waals surface area contributed by atoms with Gasteiger partial charge in [0.25, 0.3) is 5.91 Å². The monoisotopic (exact) mass is 450 g/mol. The number of aryl methyl sites for hydroxylation is 1. The summed E-state index contributed by atoms with van der Waals surface area (Å²) in [7, 11) is 1.56. The summed E-state index contributed by atoms with van der Waals surface area (Å²) in [5, 5.41) is 0. The predicted molar refractivity (Wildman–Crippen MR) is 126 cm³/mol. The summed E-state index contributed by atoms with van der Waals surface area (Å²) in [5.74, 6) is -1.17. The van der Waals surface area contributed by atoms with E-state index in [1.807, 2.05) is 48.2 Å². The predicted octanol–water partition coefficient (Wildman–Crippen LogP) is 5.59.